The summed E-state index contributed by atoms with van der Waals surface area (Å²) >= 11 is 0. The molecule has 1 N–H and O–H groups in total. The lowest BCUT2D eigenvalue weighted by molar-refractivity contribution is -0.117. The maximum absolute atomic E-state index is 12.9. The van der Waals surface area contributed by atoms with E-state index in [9.17, 15) is 9.59 Å². The van der Waals surface area contributed by atoms with Crippen LogP contribution < -0.4 is 10.2 Å². The molecule has 0 saturated heterocycles. The number of para-hydroxylation sites is 2. The first-order chi connectivity index (χ1) is 12.6. The van der Waals surface area contributed by atoms with Gasteiger partial charge in [-0.25, -0.2) is 0 Å². The lowest BCUT2D eigenvalue weighted by Gasteiger charge is -2.33. The van der Waals surface area contributed by atoms with E-state index in [0.29, 0.717) is 6.42 Å². The Morgan fingerprint density at radius 3 is 2.54 bits per heavy atom. The molecule has 132 valence electrons. The zero-order valence-electron chi connectivity index (χ0n) is 15.1. The van der Waals surface area contributed by atoms with Gasteiger partial charge in [-0.1, -0.05) is 42.0 Å². The molecule has 0 unspecified atom stereocenters. The van der Waals surface area contributed by atoms with Crippen LogP contribution in [-0.4, -0.2) is 11.7 Å². The maximum atomic E-state index is 12.9. The summed E-state index contributed by atoms with van der Waals surface area (Å²) in [5, 5.41) is 3.45. The Labute approximate surface area is 153 Å². The highest BCUT2D eigenvalue weighted by molar-refractivity contribution is 6.05. The second-order valence-corrected chi connectivity index (χ2v) is 7.01. The summed E-state index contributed by atoms with van der Waals surface area (Å²) in [7, 11) is 0. The highest BCUT2D eigenvalue weighted by Crippen LogP contribution is 2.44. The first kappa shape index (κ1) is 16.6. The molecule has 2 aliphatic rings. The molecule has 0 fully saturated rings. The summed E-state index contributed by atoms with van der Waals surface area (Å²) < 4.78 is 0. The second-order valence-electron chi connectivity index (χ2n) is 7.01. The van der Waals surface area contributed by atoms with Crippen molar-refractivity contribution in [3.05, 3.63) is 70.9 Å². The highest BCUT2D eigenvalue weighted by atomic mass is 16.2. The van der Waals surface area contributed by atoms with Gasteiger partial charge in [-0.3, -0.25) is 14.5 Å². The van der Waals surface area contributed by atoms with E-state index in [4.69, 9.17) is 0 Å². The average Bonchev–Trinajstić information content (AvgIpc) is 2.77. The number of amides is 1. The number of Topliss-reactive ketones (excluding diaryl/α,β-unsaturated/α-hetero) is 1. The molecule has 2 aromatic carbocycles. The Morgan fingerprint density at radius 2 is 1.81 bits per heavy atom. The fraction of sp³-hybridized carbons (Fsp3) is 0.273. The van der Waals surface area contributed by atoms with Gasteiger partial charge in [0.2, 0.25) is 5.91 Å². The number of aryl methyl sites for hydroxylation is 1. The molecule has 2 aromatic rings. The third kappa shape index (κ3) is 2.71. The van der Waals surface area contributed by atoms with Crippen molar-refractivity contribution in [2.75, 3.05) is 10.2 Å². The molecule has 0 aromatic heterocycles. The predicted octanol–water partition coefficient (Wildman–Crippen LogP) is 4.52. The van der Waals surface area contributed by atoms with E-state index in [2.05, 4.69) is 5.32 Å². The summed E-state index contributed by atoms with van der Waals surface area (Å²) in [4.78, 5) is 27.4. The van der Waals surface area contributed by atoms with E-state index in [1.165, 1.54) is 0 Å². The Hall–Kier alpha value is -2.88. The molecule has 1 aliphatic carbocycles. The van der Waals surface area contributed by atoms with Gasteiger partial charge >= 0.3 is 0 Å². The van der Waals surface area contributed by atoms with Crippen molar-refractivity contribution in [1.29, 1.82) is 0 Å². The van der Waals surface area contributed by atoms with Crippen LogP contribution in [0.2, 0.25) is 0 Å². The van der Waals surface area contributed by atoms with E-state index >= 15 is 0 Å². The fourth-order valence-corrected chi connectivity index (χ4v) is 3.95. The molecular weight excluding hydrogens is 324 g/mol. The SMILES string of the molecule is CC(=O)N1c2ccccc2NC2=C(C(=O)CCC2)[C@H]1c1ccc(C)cc1. The Bertz CT molecular complexity index is 912. The number of anilines is 2. The average molecular weight is 346 g/mol. The van der Waals surface area contributed by atoms with Gasteiger partial charge in [0.1, 0.15) is 0 Å². The monoisotopic (exact) mass is 346 g/mol. The van der Waals surface area contributed by atoms with Gasteiger partial charge in [-0.15, -0.1) is 0 Å². The van der Waals surface area contributed by atoms with Gasteiger partial charge in [0, 0.05) is 24.6 Å². The predicted molar refractivity (Wildman–Crippen MR) is 103 cm³/mol. The van der Waals surface area contributed by atoms with E-state index in [-0.39, 0.29) is 11.7 Å². The van der Waals surface area contributed by atoms with Gasteiger partial charge in [0.25, 0.3) is 0 Å². The normalized spacial score (nSPS) is 19.4. The zero-order chi connectivity index (χ0) is 18.3. The second kappa shape index (κ2) is 6.45. The summed E-state index contributed by atoms with van der Waals surface area (Å²) in [5.41, 5.74) is 5.48. The number of benzene rings is 2. The lowest BCUT2D eigenvalue weighted by Crippen LogP contribution is -2.36. The smallest absolute Gasteiger partial charge is 0.224 e. The van der Waals surface area contributed by atoms with Crippen molar-refractivity contribution in [3.63, 3.8) is 0 Å². The van der Waals surface area contributed by atoms with Crippen molar-refractivity contribution >= 4 is 23.1 Å². The molecule has 4 heteroatoms. The van der Waals surface area contributed by atoms with Crippen LogP contribution in [0.3, 0.4) is 0 Å². The first-order valence-corrected chi connectivity index (χ1v) is 9.05. The molecule has 0 saturated carbocycles. The van der Waals surface area contributed by atoms with Crippen molar-refractivity contribution in [3.8, 4) is 0 Å². The third-order valence-corrected chi connectivity index (χ3v) is 5.17. The van der Waals surface area contributed by atoms with E-state index in [1.807, 2.05) is 55.5 Å². The van der Waals surface area contributed by atoms with E-state index in [1.54, 1.807) is 11.8 Å². The number of carbonyl (C=O) groups excluding carboxylic acids is 2. The van der Waals surface area contributed by atoms with Crippen molar-refractivity contribution in [2.45, 2.75) is 39.2 Å². The molecule has 4 nitrogen and oxygen atoms in total. The summed E-state index contributed by atoms with van der Waals surface area (Å²) in [6.45, 7) is 3.60. The summed E-state index contributed by atoms with van der Waals surface area (Å²) in [5.74, 6) is 0.0559. The molecule has 1 atom stereocenters. The van der Waals surface area contributed by atoms with Gasteiger partial charge in [-0.2, -0.15) is 0 Å². The molecule has 0 radical (unpaired) electrons. The molecule has 4 rings (SSSR count). The van der Waals surface area contributed by atoms with Crippen LogP contribution in [0, 0.1) is 6.92 Å². The van der Waals surface area contributed by atoms with Crippen molar-refractivity contribution in [2.24, 2.45) is 0 Å². The molecule has 1 heterocycles. The van der Waals surface area contributed by atoms with Crippen LogP contribution in [0.5, 0.6) is 0 Å². The Balaban J connectivity index is 1.99. The molecule has 1 aliphatic heterocycles. The first-order valence-electron chi connectivity index (χ1n) is 9.05. The zero-order valence-corrected chi connectivity index (χ0v) is 15.1. The lowest BCUT2D eigenvalue weighted by atomic mass is 9.85. The van der Waals surface area contributed by atoms with Crippen LogP contribution in [0.1, 0.15) is 43.4 Å². The van der Waals surface area contributed by atoms with Crippen molar-refractivity contribution < 1.29 is 9.59 Å². The molecule has 0 bridgehead atoms. The minimum Gasteiger partial charge on any atom is -0.357 e. The van der Waals surface area contributed by atoms with E-state index in [0.717, 1.165) is 46.6 Å². The number of ketones is 1. The van der Waals surface area contributed by atoms with Crippen LogP contribution in [0.15, 0.2) is 59.8 Å². The van der Waals surface area contributed by atoms with Gasteiger partial charge in [0.15, 0.2) is 5.78 Å². The largest absolute Gasteiger partial charge is 0.357 e. The van der Waals surface area contributed by atoms with Crippen LogP contribution in [-0.2, 0) is 9.59 Å². The standard InChI is InChI=1S/C22H22N2O2/c1-14-10-12-16(13-11-14)22-21-18(7-5-9-20(21)26)23-17-6-3-4-8-19(17)24(22)15(2)25/h3-4,6,8,10-13,22-23H,5,7,9H2,1-2H3/t22-/m1/s1. The summed E-state index contributed by atoms with van der Waals surface area (Å²) in [6.07, 6.45) is 2.20. The minimum atomic E-state index is -0.396. The van der Waals surface area contributed by atoms with Crippen LogP contribution in [0.4, 0.5) is 11.4 Å². The number of nitrogens with one attached hydrogen (secondary N) is 1. The summed E-state index contributed by atoms with van der Waals surface area (Å²) in [6, 6.07) is 15.5. The number of carbonyl (C=O) groups is 2. The highest BCUT2D eigenvalue weighted by Gasteiger charge is 2.38. The molecule has 1 amide bonds. The fourth-order valence-electron chi connectivity index (χ4n) is 3.95. The van der Waals surface area contributed by atoms with Crippen LogP contribution in [0.25, 0.3) is 0 Å². The van der Waals surface area contributed by atoms with Gasteiger partial charge in [0.05, 0.1) is 17.4 Å². The Morgan fingerprint density at radius 1 is 1.08 bits per heavy atom. The number of hydrogen-bond acceptors (Lipinski definition) is 3. The molecular formula is C22H22N2O2. The van der Waals surface area contributed by atoms with Crippen LogP contribution >= 0.6 is 0 Å². The topological polar surface area (TPSA) is 49.4 Å². The van der Waals surface area contributed by atoms with Crippen molar-refractivity contribution in [1.82, 2.24) is 0 Å². The van der Waals surface area contributed by atoms with Gasteiger partial charge < -0.3 is 5.32 Å². The third-order valence-electron chi connectivity index (χ3n) is 5.17. The minimum absolute atomic E-state index is 0.0723. The number of allylic oxidation sites excluding steroid dienone is 1. The quantitative estimate of drug-likeness (QED) is 0.826. The number of nitrogens with zero attached hydrogens (tertiary/aromatic N) is 1. The Kier molecular flexibility index (Phi) is 4.11. The molecule has 0 spiro atoms. The maximum Gasteiger partial charge on any atom is 0.224 e. The number of fused-ring (bicyclic) bond motifs is 1. The number of hydrogen-bond donors (Lipinski definition) is 1. The molecule has 26 heavy (non-hydrogen) atoms. The van der Waals surface area contributed by atoms with E-state index < -0.39 is 6.04 Å². The number of rotatable bonds is 1. The van der Waals surface area contributed by atoms with Gasteiger partial charge in [-0.05, 0) is 37.5 Å².